The van der Waals surface area contributed by atoms with Crippen molar-refractivity contribution in [1.29, 1.82) is 0 Å². The molecule has 33 heavy (non-hydrogen) atoms. The standard InChI is InChI=1S/C28H44N2O3/c1-7-8-9-11-22-17-26(32-5)28(27(18-22)33-6)25-16-20(2)13-14-24(25)21(3)29-30-15-10-12-23(30)19-31-4/h13,17-18,23-25H,7-12,14-16,19H2,1-6H3/b29-21+/t23-,24-,25+/m0/s1. The molecule has 3 atom stereocenters. The molecule has 1 aromatic rings. The number of hydrazone groups is 1. The van der Waals surface area contributed by atoms with Crippen LogP contribution in [0.5, 0.6) is 11.5 Å². The van der Waals surface area contributed by atoms with Crippen LogP contribution in [0.3, 0.4) is 0 Å². The highest BCUT2D eigenvalue weighted by atomic mass is 16.5. The van der Waals surface area contributed by atoms with Crippen LogP contribution < -0.4 is 9.47 Å². The molecule has 0 N–H and O–H groups in total. The van der Waals surface area contributed by atoms with E-state index in [-0.39, 0.29) is 5.92 Å². The summed E-state index contributed by atoms with van der Waals surface area (Å²) in [5.41, 5.74) is 5.12. The number of nitrogens with zero attached hydrogens (tertiary/aromatic N) is 2. The summed E-state index contributed by atoms with van der Waals surface area (Å²) in [6.45, 7) is 8.43. The van der Waals surface area contributed by atoms with Crippen molar-refractivity contribution in [3.8, 4) is 11.5 Å². The predicted molar refractivity (Wildman–Crippen MR) is 137 cm³/mol. The maximum atomic E-state index is 5.97. The molecule has 0 bridgehead atoms. The van der Waals surface area contributed by atoms with Gasteiger partial charge in [-0.05, 0) is 70.1 Å². The van der Waals surface area contributed by atoms with Crippen molar-refractivity contribution in [1.82, 2.24) is 5.01 Å². The van der Waals surface area contributed by atoms with Crippen LogP contribution >= 0.6 is 0 Å². The van der Waals surface area contributed by atoms with Gasteiger partial charge in [0.15, 0.2) is 0 Å². The van der Waals surface area contributed by atoms with E-state index >= 15 is 0 Å². The molecule has 1 aliphatic heterocycles. The lowest BCUT2D eigenvalue weighted by molar-refractivity contribution is 0.117. The van der Waals surface area contributed by atoms with Crippen LogP contribution in [-0.4, -0.2) is 51.2 Å². The van der Waals surface area contributed by atoms with Gasteiger partial charge in [-0.2, -0.15) is 5.10 Å². The Kier molecular flexibility index (Phi) is 9.66. The van der Waals surface area contributed by atoms with Gasteiger partial charge in [-0.15, -0.1) is 0 Å². The Hall–Kier alpha value is -2.01. The predicted octanol–water partition coefficient (Wildman–Crippen LogP) is 6.36. The zero-order valence-electron chi connectivity index (χ0n) is 21.7. The van der Waals surface area contributed by atoms with Crippen molar-refractivity contribution in [3.05, 3.63) is 34.9 Å². The number of unbranched alkanes of at least 4 members (excludes halogenated alkanes) is 2. The average Bonchev–Trinajstić information content (AvgIpc) is 3.25. The molecule has 184 valence electrons. The van der Waals surface area contributed by atoms with Crippen molar-refractivity contribution in [2.45, 2.75) is 84.1 Å². The summed E-state index contributed by atoms with van der Waals surface area (Å²) in [6.07, 6.45) is 11.4. The number of benzene rings is 1. The quantitative estimate of drug-likeness (QED) is 0.221. The van der Waals surface area contributed by atoms with Crippen LogP contribution in [0.2, 0.25) is 0 Å². The molecule has 1 fully saturated rings. The van der Waals surface area contributed by atoms with Gasteiger partial charge in [0, 0.05) is 36.8 Å². The zero-order chi connectivity index (χ0) is 23.8. The van der Waals surface area contributed by atoms with E-state index in [2.05, 4.69) is 44.0 Å². The molecule has 0 radical (unpaired) electrons. The molecule has 5 nitrogen and oxygen atoms in total. The SMILES string of the molecule is CCCCCc1cc(OC)c([C@@H]2CC(C)=CC[C@H]2/C(C)=N/N2CCC[C@H]2COC)c(OC)c1. The van der Waals surface area contributed by atoms with Gasteiger partial charge in [-0.3, -0.25) is 5.01 Å². The normalized spacial score (nSPS) is 23.6. The second kappa shape index (κ2) is 12.5. The number of methoxy groups -OCH3 is 3. The van der Waals surface area contributed by atoms with Crippen molar-refractivity contribution in [2.24, 2.45) is 11.0 Å². The lowest BCUT2D eigenvalue weighted by atomic mass is 9.73. The summed E-state index contributed by atoms with van der Waals surface area (Å²) in [5.74, 6) is 2.52. The summed E-state index contributed by atoms with van der Waals surface area (Å²) in [4.78, 5) is 0. The first-order valence-corrected chi connectivity index (χ1v) is 12.7. The Balaban J connectivity index is 1.94. The fraction of sp³-hybridized carbons (Fsp3) is 0.679. The highest BCUT2D eigenvalue weighted by molar-refractivity contribution is 5.86. The van der Waals surface area contributed by atoms with Crippen molar-refractivity contribution < 1.29 is 14.2 Å². The van der Waals surface area contributed by atoms with Crippen molar-refractivity contribution >= 4 is 5.71 Å². The van der Waals surface area contributed by atoms with Gasteiger partial charge < -0.3 is 14.2 Å². The molecule has 0 spiro atoms. The summed E-state index contributed by atoms with van der Waals surface area (Å²) < 4.78 is 17.4. The molecule has 0 aromatic heterocycles. The van der Waals surface area contributed by atoms with Crippen molar-refractivity contribution in [3.63, 3.8) is 0 Å². The Bertz CT molecular complexity index is 807. The number of aryl methyl sites for hydroxylation is 1. The van der Waals surface area contributed by atoms with Gasteiger partial charge in [-0.25, -0.2) is 0 Å². The summed E-state index contributed by atoms with van der Waals surface area (Å²) in [7, 11) is 5.35. The van der Waals surface area contributed by atoms with E-state index in [0.29, 0.717) is 12.0 Å². The minimum atomic E-state index is 0.289. The van der Waals surface area contributed by atoms with E-state index in [1.165, 1.54) is 48.1 Å². The summed E-state index contributed by atoms with van der Waals surface area (Å²) in [5, 5.41) is 7.39. The molecule has 5 heteroatoms. The third-order valence-corrected chi connectivity index (χ3v) is 7.32. The maximum Gasteiger partial charge on any atom is 0.126 e. The summed E-state index contributed by atoms with van der Waals surface area (Å²) >= 11 is 0. The number of hydrogen-bond acceptors (Lipinski definition) is 5. The van der Waals surface area contributed by atoms with Crippen LogP contribution in [0.4, 0.5) is 0 Å². The second-order valence-corrected chi connectivity index (χ2v) is 9.73. The fourth-order valence-corrected chi connectivity index (χ4v) is 5.50. The fourth-order valence-electron chi connectivity index (χ4n) is 5.50. The van der Waals surface area contributed by atoms with E-state index < -0.39 is 0 Å². The Morgan fingerprint density at radius 1 is 1.12 bits per heavy atom. The first kappa shape index (κ1) is 25.6. The number of hydrogen-bond donors (Lipinski definition) is 0. The van der Waals surface area contributed by atoms with E-state index in [1.54, 1.807) is 21.3 Å². The van der Waals surface area contributed by atoms with Gasteiger partial charge >= 0.3 is 0 Å². The third-order valence-electron chi connectivity index (χ3n) is 7.32. The highest BCUT2D eigenvalue weighted by Gasteiger charge is 2.34. The smallest absolute Gasteiger partial charge is 0.126 e. The first-order valence-electron chi connectivity index (χ1n) is 12.7. The largest absolute Gasteiger partial charge is 0.496 e. The molecular formula is C28H44N2O3. The number of allylic oxidation sites excluding steroid dienone is 2. The Morgan fingerprint density at radius 2 is 1.85 bits per heavy atom. The molecule has 2 aliphatic rings. The number of rotatable bonds is 11. The monoisotopic (exact) mass is 456 g/mol. The lowest BCUT2D eigenvalue weighted by Crippen LogP contribution is -2.32. The molecule has 1 aliphatic carbocycles. The third kappa shape index (κ3) is 6.32. The molecular weight excluding hydrogens is 412 g/mol. The molecule has 1 saturated heterocycles. The van der Waals surface area contributed by atoms with E-state index in [1.807, 2.05) is 0 Å². The minimum Gasteiger partial charge on any atom is -0.496 e. The van der Waals surface area contributed by atoms with Gasteiger partial charge in [0.25, 0.3) is 0 Å². The Morgan fingerprint density at radius 3 is 2.48 bits per heavy atom. The van der Waals surface area contributed by atoms with Crippen molar-refractivity contribution in [2.75, 3.05) is 34.5 Å². The van der Waals surface area contributed by atoms with Gasteiger partial charge in [-0.1, -0.05) is 31.4 Å². The van der Waals surface area contributed by atoms with E-state index in [0.717, 1.165) is 50.3 Å². The van der Waals surface area contributed by atoms with E-state index in [9.17, 15) is 0 Å². The molecule has 3 rings (SSSR count). The van der Waals surface area contributed by atoms with Crippen LogP contribution in [0.15, 0.2) is 28.9 Å². The zero-order valence-corrected chi connectivity index (χ0v) is 21.7. The van der Waals surface area contributed by atoms with Gasteiger partial charge in [0.1, 0.15) is 11.5 Å². The number of ether oxygens (including phenoxy) is 3. The summed E-state index contributed by atoms with van der Waals surface area (Å²) in [6, 6.07) is 4.86. The molecule has 1 aromatic carbocycles. The van der Waals surface area contributed by atoms with Crippen LogP contribution in [0.1, 0.15) is 82.8 Å². The van der Waals surface area contributed by atoms with Gasteiger partial charge in [0.05, 0.1) is 26.9 Å². The average molecular weight is 457 g/mol. The minimum absolute atomic E-state index is 0.289. The Labute approximate surface area is 201 Å². The molecule has 0 unspecified atom stereocenters. The first-order chi connectivity index (χ1) is 16.0. The van der Waals surface area contributed by atoms with Crippen LogP contribution in [-0.2, 0) is 11.2 Å². The van der Waals surface area contributed by atoms with Crippen LogP contribution in [0.25, 0.3) is 0 Å². The lowest BCUT2D eigenvalue weighted by Gasteiger charge is -2.34. The van der Waals surface area contributed by atoms with E-state index in [4.69, 9.17) is 19.3 Å². The second-order valence-electron chi connectivity index (χ2n) is 9.73. The highest BCUT2D eigenvalue weighted by Crippen LogP contribution is 2.47. The van der Waals surface area contributed by atoms with Crippen LogP contribution in [0, 0.1) is 5.92 Å². The molecule has 0 amide bonds. The molecule has 1 heterocycles. The van der Waals surface area contributed by atoms with Gasteiger partial charge in [0.2, 0.25) is 0 Å². The maximum absolute atomic E-state index is 5.97. The molecule has 0 saturated carbocycles. The topological polar surface area (TPSA) is 43.3 Å².